The number of nitrogens with one attached hydrogen (secondary N) is 1. The number of para-hydroxylation sites is 1. The lowest BCUT2D eigenvalue weighted by Crippen LogP contribution is -2.50. The molecular weight excluding hydrogens is 216 g/mol. The number of carbonyl (C=O) groups is 1. The maximum atomic E-state index is 12.0. The van der Waals surface area contributed by atoms with Gasteiger partial charge in [0.1, 0.15) is 0 Å². The van der Waals surface area contributed by atoms with Crippen molar-refractivity contribution in [1.82, 2.24) is 0 Å². The van der Waals surface area contributed by atoms with Gasteiger partial charge >= 0.3 is 0 Å². The van der Waals surface area contributed by atoms with Gasteiger partial charge < -0.3 is 10.1 Å². The van der Waals surface area contributed by atoms with Crippen LogP contribution >= 0.6 is 0 Å². The Balaban J connectivity index is 2.16. The normalized spacial score (nSPS) is 16.7. The van der Waals surface area contributed by atoms with E-state index < -0.39 is 5.41 Å². The first-order valence-electron chi connectivity index (χ1n) is 5.60. The zero-order chi connectivity index (χ0) is 12.3. The fourth-order valence-electron chi connectivity index (χ4n) is 1.75. The number of hydrogen-bond acceptors (Lipinski definition) is 3. The number of carbonyl (C=O) groups excluding carboxylic acids is 1. The molecule has 0 radical (unpaired) electrons. The molecule has 1 amide bonds. The van der Waals surface area contributed by atoms with Gasteiger partial charge in [-0.1, -0.05) is 25.1 Å². The Kier molecular flexibility index (Phi) is 3.12. The quantitative estimate of drug-likeness (QED) is 0.860. The van der Waals surface area contributed by atoms with Crippen molar-refractivity contribution in [2.24, 2.45) is 5.41 Å². The fourth-order valence-corrected chi connectivity index (χ4v) is 1.75. The molecule has 1 aromatic rings. The predicted octanol–water partition coefficient (Wildman–Crippen LogP) is 1.73. The van der Waals surface area contributed by atoms with E-state index in [1.54, 1.807) is 0 Å². The third-order valence-electron chi connectivity index (χ3n) is 2.99. The van der Waals surface area contributed by atoms with Crippen LogP contribution in [0.25, 0.3) is 0 Å². The Bertz CT molecular complexity index is 473. The maximum Gasteiger partial charge on any atom is 0.249 e. The summed E-state index contributed by atoms with van der Waals surface area (Å²) < 4.78 is 4.96. The fraction of sp³-hybridized carbons (Fsp3) is 0.385. The van der Waals surface area contributed by atoms with Crippen molar-refractivity contribution in [3.63, 3.8) is 0 Å². The summed E-state index contributed by atoms with van der Waals surface area (Å²) in [5.74, 6) is -0.271. The number of ether oxygens (including phenoxy) is 1. The zero-order valence-electron chi connectivity index (χ0n) is 9.69. The van der Waals surface area contributed by atoms with Gasteiger partial charge in [-0.15, -0.1) is 0 Å². The molecule has 88 valence electrons. The molecule has 1 N–H and O–H groups in total. The summed E-state index contributed by atoms with van der Waals surface area (Å²) >= 11 is 0. The number of amides is 1. The number of rotatable bonds is 3. The van der Waals surface area contributed by atoms with E-state index >= 15 is 0 Å². The minimum absolute atomic E-state index is 0.184. The molecule has 1 fully saturated rings. The Hall–Kier alpha value is -1.86. The Morgan fingerprint density at radius 3 is 2.76 bits per heavy atom. The van der Waals surface area contributed by atoms with Crippen LogP contribution in [-0.4, -0.2) is 19.1 Å². The molecule has 0 unspecified atom stereocenters. The van der Waals surface area contributed by atoms with Crippen molar-refractivity contribution in [2.45, 2.75) is 13.3 Å². The van der Waals surface area contributed by atoms with Gasteiger partial charge in [-0.25, -0.2) is 0 Å². The van der Waals surface area contributed by atoms with Gasteiger partial charge in [-0.2, -0.15) is 5.26 Å². The molecule has 1 heterocycles. The summed E-state index contributed by atoms with van der Waals surface area (Å²) in [6.07, 6.45) is 0.840. The summed E-state index contributed by atoms with van der Waals surface area (Å²) in [5.41, 5.74) is 0.844. The standard InChI is InChI=1S/C13H14N2O2/c1-2-10-5-3-4-6-11(10)15-12(16)13(7-14)8-17-9-13/h3-6H,2,8-9H2,1H3,(H,15,16). The second kappa shape index (κ2) is 4.56. The highest BCUT2D eigenvalue weighted by atomic mass is 16.5. The molecule has 2 rings (SSSR count). The summed E-state index contributed by atoms with van der Waals surface area (Å²) in [6.45, 7) is 2.39. The molecule has 4 nitrogen and oxygen atoms in total. The summed E-state index contributed by atoms with van der Waals surface area (Å²) in [6, 6.07) is 9.65. The highest BCUT2D eigenvalue weighted by Crippen LogP contribution is 2.29. The molecule has 0 saturated carbocycles. The van der Waals surface area contributed by atoms with E-state index in [2.05, 4.69) is 5.32 Å². The number of nitriles is 1. The van der Waals surface area contributed by atoms with Crippen molar-refractivity contribution >= 4 is 11.6 Å². The molecule has 1 saturated heterocycles. The van der Waals surface area contributed by atoms with Gasteiger partial charge in [-0.05, 0) is 18.1 Å². The number of aryl methyl sites for hydroxylation is 1. The van der Waals surface area contributed by atoms with Crippen LogP contribution in [0.3, 0.4) is 0 Å². The molecule has 1 aliphatic rings. The Labute approximate surface area is 100 Å². The molecule has 0 aliphatic carbocycles. The van der Waals surface area contributed by atoms with E-state index in [-0.39, 0.29) is 19.1 Å². The van der Waals surface area contributed by atoms with Gasteiger partial charge in [0.05, 0.1) is 19.3 Å². The van der Waals surface area contributed by atoms with Gasteiger partial charge in [0, 0.05) is 5.69 Å². The monoisotopic (exact) mass is 230 g/mol. The average Bonchev–Trinajstić information content (AvgIpc) is 2.29. The van der Waals surface area contributed by atoms with E-state index in [9.17, 15) is 4.79 Å². The number of nitrogens with zero attached hydrogens (tertiary/aromatic N) is 1. The lowest BCUT2D eigenvalue weighted by atomic mass is 9.86. The van der Waals surface area contributed by atoms with Gasteiger partial charge in [0.25, 0.3) is 0 Å². The van der Waals surface area contributed by atoms with Crippen LogP contribution in [0.5, 0.6) is 0 Å². The molecule has 17 heavy (non-hydrogen) atoms. The highest BCUT2D eigenvalue weighted by Gasteiger charge is 2.46. The first-order chi connectivity index (χ1) is 8.22. The molecule has 4 heteroatoms. The number of benzene rings is 1. The van der Waals surface area contributed by atoms with E-state index in [0.29, 0.717) is 0 Å². The van der Waals surface area contributed by atoms with Crippen LogP contribution in [0.15, 0.2) is 24.3 Å². The van der Waals surface area contributed by atoms with Crippen LogP contribution in [0.4, 0.5) is 5.69 Å². The minimum atomic E-state index is -0.999. The summed E-state index contributed by atoms with van der Waals surface area (Å²) in [4.78, 5) is 12.0. The van der Waals surface area contributed by atoms with Crippen LogP contribution in [0.2, 0.25) is 0 Å². The average molecular weight is 230 g/mol. The maximum absolute atomic E-state index is 12.0. The number of hydrogen-bond donors (Lipinski definition) is 1. The predicted molar refractivity (Wildman–Crippen MR) is 63.3 cm³/mol. The molecule has 0 bridgehead atoms. The second-order valence-electron chi connectivity index (χ2n) is 4.15. The third-order valence-corrected chi connectivity index (χ3v) is 2.99. The van der Waals surface area contributed by atoms with Crippen LogP contribution < -0.4 is 5.32 Å². The summed E-state index contributed by atoms with van der Waals surface area (Å²) in [7, 11) is 0. The Morgan fingerprint density at radius 2 is 2.24 bits per heavy atom. The lowest BCUT2D eigenvalue weighted by Gasteiger charge is -2.33. The highest BCUT2D eigenvalue weighted by molar-refractivity contribution is 5.98. The van der Waals surface area contributed by atoms with Crippen molar-refractivity contribution < 1.29 is 9.53 Å². The first kappa shape index (κ1) is 11.6. The molecule has 0 aromatic heterocycles. The van der Waals surface area contributed by atoms with Gasteiger partial charge in [-0.3, -0.25) is 4.79 Å². The molecule has 0 atom stereocenters. The third kappa shape index (κ3) is 2.02. The van der Waals surface area contributed by atoms with E-state index in [1.807, 2.05) is 37.3 Å². The topological polar surface area (TPSA) is 62.1 Å². The lowest BCUT2D eigenvalue weighted by molar-refractivity contribution is -0.144. The summed E-state index contributed by atoms with van der Waals surface area (Å²) in [5, 5.41) is 11.8. The van der Waals surface area contributed by atoms with Crippen molar-refractivity contribution in [3.05, 3.63) is 29.8 Å². The molecule has 0 spiro atoms. The SMILES string of the molecule is CCc1ccccc1NC(=O)C1(C#N)COC1. The second-order valence-corrected chi connectivity index (χ2v) is 4.15. The van der Waals surface area contributed by atoms with Crippen molar-refractivity contribution in [1.29, 1.82) is 5.26 Å². The van der Waals surface area contributed by atoms with Crippen molar-refractivity contribution in [2.75, 3.05) is 18.5 Å². The minimum Gasteiger partial charge on any atom is -0.377 e. The number of anilines is 1. The zero-order valence-corrected chi connectivity index (χ0v) is 9.69. The van der Waals surface area contributed by atoms with Crippen LogP contribution in [-0.2, 0) is 16.0 Å². The molecular formula is C13H14N2O2. The van der Waals surface area contributed by atoms with E-state index in [1.165, 1.54) is 0 Å². The smallest absolute Gasteiger partial charge is 0.249 e. The Morgan fingerprint density at radius 1 is 1.53 bits per heavy atom. The molecule has 1 aromatic carbocycles. The van der Waals surface area contributed by atoms with E-state index in [0.717, 1.165) is 17.7 Å². The van der Waals surface area contributed by atoms with Crippen molar-refractivity contribution in [3.8, 4) is 6.07 Å². The van der Waals surface area contributed by atoms with Gasteiger partial charge in [0.2, 0.25) is 5.91 Å². The first-order valence-corrected chi connectivity index (χ1v) is 5.60. The molecule has 1 aliphatic heterocycles. The van der Waals surface area contributed by atoms with Crippen LogP contribution in [0.1, 0.15) is 12.5 Å². The van der Waals surface area contributed by atoms with Gasteiger partial charge in [0.15, 0.2) is 5.41 Å². The van der Waals surface area contributed by atoms with Crippen LogP contribution in [0, 0.1) is 16.7 Å². The van der Waals surface area contributed by atoms with E-state index in [4.69, 9.17) is 10.00 Å². The largest absolute Gasteiger partial charge is 0.377 e.